The lowest BCUT2D eigenvalue weighted by Crippen LogP contribution is -2.05. The molecule has 0 radical (unpaired) electrons. The Morgan fingerprint density at radius 2 is 1.80 bits per heavy atom. The predicted molar refractivity (Wildman–Crippen MR) is 78.8 cm³/mol. The van der Waals surface area contributed by atoms with Crippen molar-refractivity contribution in [3.05, 3.63) is 34.5 Å². The number of carboxylic acids is 1. The third-order valence-corrected chi connectivity index (χ3v) is 3.69. The number of ketones is 1. The van der Waals surface area contributed by atoms with E-state index in [1.165, 1.54) is 0 Å². The number of aryl methyl sites for hydroxylation is 1. The largest absolute Gasteiger partial charge is 0.478 e. The summed E-state index contributed by atoms with van der Waals surface area (Å²) in [6, 6.07) is 3.64. The summed E-state index contributed by atoms with van der Waals surface area (Å²) in [5, 5.41) is 10.1. The van der Waals surface area contributed by atoms with E-state index in [0.717, 1.165) is 16.6 Å². The predicted octanol–water partition coefficient (Wildman–Crippen LogP) is 3.74. The van der Waals surface area contributed by atoms with Gasteiger partial charge in [-0.15, -0.1) is 0 Å². The maximum atomic E-state index is 11.9. The summed E-state index contributed by atoms with van der Waals surface area (Å²) in [4.78, 5) is 23.2. The number of aromatic carboxylic acids is 1. The first kappa shape index (κ1) is 14.3. The molecular weight excluding hydrogens is 254 g/mol. The van der Waals surface area contributed by atoms with Crippen LogP contribution in [0.3, 0.4) is 0 Å². The van der Waals surface area contributed by atoms with Crippen molar-refractivity contribution < 1.29 is 14.7 Å². The number of fused-ring (bicyclic) bond motifs is 1. The molecule has 0 aliphatic rings. The minimum atomic E-state index is -0.942. The smallest absolute Gasteiger partial charge is 0.336 e. The number of aromatic nitrogens is 1. The van der Waals surface area contributed by atoms with Gasteiger partial charge in [-0.05, 0) is 52.3 Å². The van der Waals surface area contributed by atoms with Gasteiger partial charge in [-0.25, -0.2) is 4.79 Å². The van der Waals surface area contributed by atoms with Gasteiger partial charge in [-0.1, -0.05) is 0 Å². The van der Waals surface area contributed by atoms with Gasteiger partial charge in [0.15, 0.2) is 5.78 Å². The van der Waals surface area contributed by atoms with Crippen LogP contribution in [0.4, 0.5) is 0 Å². The molecule has 0 bridgehead atoms. The van der Waals surface area contributed by atoms with Crippen molar-refractivity contribution in [2.45, 2.75) is 40.7 Å². The number of hydrogen-bond acceptors (Lipinski definition) is 2. The fourth-order valence-corrected chi connectivity index (χ4v) is 2.93. The molecule has 0 spiro atoms. The number of Topliss-reactive ketones (excluding diaryl/α,β-unsaturated/α-hetero) is 1. The van der Waals surface area contributed by atoms with Crippen molar-refractivity contribution in [3.8, 4) is 0 Å². The molecule has 1 aromatic heterocycles. The van der Waals surface area contributed by atoms with Crippen LogP contribution in [0.1, 0.15) is 58.8 Å². The molecule has 0 aliphatic heterocycles. The summed E-state index contributed by atoms with van der Waals surface area (Å²) in [6.45, 7) is 9.27. The van der Waals surface area contributed by atoms with Gasteiger partial charge in [0.2, 0.25) is 0 Å². The minimum absolute atomic E-state index is 0.00868. The number of benzene rings is 1. The standard InChI is InChI=1S/C16H19NO3/c1-8(2)17-10(4)15(11(5)18)13-6-9(3)12(16(19)20)7-14(13)17/h6-8H,1-5H3,(H,19,20). The van der Waals surface area contributed by atoms with Crippen LogP contribution in [0.5, 0.6) is 0 Å². The molecule has 2 aromatic rings. The molecule has 0 fully saturated rings. The second-order valence-electron chi connectivity index (χ2n) is 5.47. The highest BCUT2D eigenvalue weighted by Gasteiger charge is 2.21. The van der Waals surface area contributed by atoms with E-state index in [1.807, 2.05) is 25.3 Å². The average Bonchev–Trinajstić information content (AvgIpc) is 2.58. The Balaban J connectivity index is 2.97. The Hall–Kier alpha value is -2.10. The fourth-order valence-electron chi connectivity index (χ4n) is 2.93. The molecule has 4 heteroatoms. The molecule has 0 aliphatic carbocycles. The second-order valence-corrected chi connectivity index (χ2v) is 5.47. The molecule has 1 heterocycles. The van der Waals surface area contributed by atoms with E-state index >= 15 is 0 Å². The Morgan fingerprint density at radius 3 is 2.25 bits per heavy atom. The summed E-state index contributed by atoms with van der Waals surface area (Å²) < 4.78 is 2.03. The minimum Gasteiger partial charge on any atom is -0.478 e. The third-order valence-electron chi connectivity index (χ3n) is 3.69. The van der Waals surface area contributed by atoms with E-state index in [-0.39, 0.29) is 17.4 Å². The number of carboxylic acid groups (broad SMARTS) is 1. The average molecular weight is 273 g/mol. The van der Waals surface area contributed by atoms with Crippen LogP contribution in [-0.2, 0) is 0 Å². The number of carbonyl (C=O) groups excluding carboxylic acids is 1. The van der Waals surface area contributed by atoms with Gasteiger partial charge >= 0.3 is 5.97 Å². The molecule has 0 saturated heterocycles. The first-order valence-corrected chi connectivity index (χ1v) is 6.65. The number of hydrogen-bond donors (Lipinski definition) is 1. The molecule has 4 nitrogen and oxygen atoms in total. The molecule has 0 saturated carbocycles. The quantitative estimate of drug-likeness (QED) is 0.867. The first-order chi connectivity index (χ1) is 9.25. The van der Waals surface area contributed by atoms with Gasteiger partial charge < -0.3 is 9.67 Å². The molecule has 0 unspecified atom stereocenters. The van der Waals surface area contributed by atoms with Crippen LogP contribution in [0.25, 0.3) is 10.9 Å². The number of nitrogens with zero attached hydrogens (tertiary/aromatic N) is 1. The molecule has 20 heavy (non-hydrogen) atoms. The molecular formula is C16H19NO3. The zero-order valence-corrected chi connectivity index (χ0v) is 12.4. The highest BCUT2D eigenvalue weighted by molar-refractivity contribution is 6.10. The zero-order valence-electron chi connectivity index (χ0n) is 12.4. The Morgan fingerprint density at radius 1 is 1.20 bits per heavy atom. The van der Waals surface area contributed by atoms with Crippen molar-refractivity contribution in [2.24, 2.45) is 0 Å². The molecule has 106 valence electrons. The fraction of sp³-hybridized carbons (Fsp3) is 0.375. The van der Waals surface area contributed by atoms with E-state index in [9.17, 15) is 14.7 Å². The number of carbonyl (C=O) groups is 2. The lowest BCUT2D eigenvalue weighted by molar-refractivity contribution is 0.0696. The van der Waals surface area contributed by atoms with Crippen molar-refractivity contribution in [3.63, 3.8) is 0 Å². The van der Waals surface area contributed by atoms with Gasteiger partial charge in [0.25, 0.3) is 0 Å². The van der Waals surface area contributed by atoms with Gasteiger partial charge in [0.05, 0.1) is 11.1 Å². The Kier molecular flexibility index (Phi) is 3.42. The summed E-state index contributed by atoms with van der Waals surface area (Å²) in [6.07, 6.45) is 0. The highest BCUT2D eigenvalue weighted by Crippen LogP contribution is 2.31. The highest BCUT2D eigenvalue weighted by atomic mass is 16.4. The summed E-state index contributed by atoms with van der Waals surface area (Å²) in [5.41, 5.74) is 3.35. The SMILES string of the molecule is CC(=O)c1c(C)n(C(C)C)c2cc(C(=O)O)c(C)cc12. The molecule has 0 atom stereocenters. The van der Waals surface area contributed by atoms with E-state index < -0.39 is 5.97 Å². The van der Waals surface area contributed by atoms with Crippen LogP contribution < -0.4 is 0 Å². The summed E-state index contributed by atoms with van der Waals surface area (Å²) >= 11 is 0. The number of rotatable bonds is 3. The van der Waals surface area contributed by atoms with Gasteiger partial charge in [0.1, 0.15) is 0 Å². The summed E-state index contributed by atoms with van der Waals surface area (Å²) in [5.74, 6) is -0.933. The van der Waals surface area contributed by atoms with Crippen molar-refractivity contribution in [2.75, 3.05) is 0 Å². The Bertz CT molecular complexity index is 723. The maximum Gasteiger partial charge on any atom is 0.336 e. The van der Waals surface area contributed by atoms with Crippen LogP contribution in [-0.4, -0.2) is 21.4 Å². The molecule has 1 aromatic carbocycles. The van der Waals surface area contributed by atoms with Crippen LogP contribution in [0, 0.1) is 13.8 Å². The van der Waals surface area contributed by atoms with E-state index in [1.54, 1.807) is 26.0 Å². The lowest BCUT2D eigenvalue weighted by Gasteiger charge is -2.13. The van der Waals surface area contributed by atoms with Crippen LogP contribution in [0.15, 0.2) is 12.1 Å². The van der Waals surface area contributed by atoms with E-state index in [4.69, 9.17) is 0 Å². The second kappa shape index (κ2) is 4.78. The van der Waals surface area contributed by atoms with Crippen molar-refractivity contribution >= 4 is 22.7 Å². The third kappa shape index (κ3) is 2.01. The van der Waals surface area contributed by atoms with E-state index in [2.05, 4.69) is 0 Å². The van der Waals surface area contributed by atoms with Crippen LogP contribution >= 0.6 is 0 Å². The topological polar surface area (TPSA) is 59.3 Å². The first-order valence-electron chi connectivity index (χ1n) is 6.65. The molecule has 2 rings (SSSR count). The monoisotopic (exact) mass is 273 g/mol. The molecule has 0 amide bonds. The van der Waals surface area contributed by atoms with Crippen molar-refractivity contribution in [1.29, 1.82) is 0 Å². The normalized spacial score (nSPS) is 11.3. The summed E-state index contributed by atoms with van der Waals surface area (Å²) in [7, 11) is 0. The van der Waals surface area contributed by atoms with Crippen LogP contribution in [0.2, 0.25) is 0 Å². The van der Waals surface area contributed by atoms with Gasteiger partial charge in [0, 0.05) is 22.7 Å². The van der Waals surface area contributed by atoms with E-state index in [0.29, 0.717) is 11.1 Å². The van der Waals surface area contributed by atoms with Crippen molar-refractivity contribution in [1.82, 2.24) is 4.57 Å². The zero-order chi connectivity index (χ0) is 15.2. The Labute approximate surface area is 118 Å². The van der Waals surface area contributed by atoms with Gasteiger partial charge in [-0.3, -0.25) is 4.79 Å². The molecule has 1 N–H and O–H groups in total. The lowest BCUT2D eigenvalue weighted by atomic mass is 10.0. The van der Waals surface area contributed by atoms with Gasteiger partial charge in [-0.2, -0.15) is 0 Å². The maximum absolute atomic E-state index is 11.9.